The average molecular weight is 568 g/mol. The molecule has 9 heteroatoms. The lowest BCUT2D eigenvalue weighted by molar-refractivity contribution is -0.137. The van der Waals surface area contributed by atoms with Gasteiger partial charge in [-0.1, -0.05) is 42.5 Å². The molecule has 0 aliphatic heterocycles. The molecular weight excluding hydrogens is 534 g/mol. The lowest BCUT2D eigenvalue weighted by atomic mass is 9.94. The van der Waals surface area contributed by atoms with Crippen molar-refractivity contribution in [2.75, 3.05) is 39.3 Å². The maximum Gasteiger partial charge on any atom is 0.305 e. The van der Waals surface area contributed by atoms with Crippen molar-refractivity contribution in [2.24, 2.45) is 0 Å². The van der Waals surface area contributed by atoms with Crippen molar-refractivity contribution in [1.29, 1.82) is 0 Å². The van der Waals surface area contributed by atoms with Crippen molar-refractivity contribution in [3.8, 4) is 22.6 Å². The number of methoxy groups -OCH3 is 2. The Hall–Kier alpha value is -5.18. The van der Waals surface area contributed by atoms with Gasteiger partial charge in [0.2, 0.25) is 0 Å². The molecule has 0 atom stereocenters. The third-order valence-corrected chi connectivity index (χ3v) is 6.87. The molecule has 0 saturated carbocycles. The summed E-state index contributed by atoms with van der Waals surface area (Å²) in [6, 6.07) is 25.0. The van der Waals surface area contributed by atoms with E-state index in [1.54, 1.807) is 94.2 Å². The molecule has 1 heterocycles. The van der Waals surface area contributed by atoms with Crippen LogP contribution in [0.3, 0.4) is 0 Å². The second kappa shape index (κ2) is 13.9. The number of carbonyl (C=O) groups excluding carboxylic acids is 2. The molecule has 4 rings (SSSR count). The summed E-state index contributed by atoms with van der Waals surface area (Å²) in [6.45, 7) is 0.284. The minimum absolute atomic E-state index is 0.0204. The number of amides is 2. The fourth-order valence-electron chi connectivity index (χ4n) is 4.64. The molecule has 0 fully saturated rings. The van der Waals surface area contributed by atoms with Gasteiger partial charge in [0.05, 0.1) is 20.6 Å². The molecule has 0 aliphatic carbocycles. The van der Waals surface area contributed by atoms with Crippen LogP contribution in [-0.4, -0.2) is 67.1 Å². The number of hydrogen-bond acceptors (Lipinski definition) is 6. The molecular formula is C33H33N3O6. The molecule has 0 aliphatic rings. The van der Waals surface area contributed by atoms with E-state index in [0.29, 0.717) is 46.0 Å². The highest BCUT2D eigenvalue weighted by Crippen LogP contribution is 2.30. The number of carboxylic acid groups (broad SMARTS) is 1. The van der Waals surface area contributed by atoms with Gasteiger partial charge in [0.1, 0.15) is 17.3 Å². The molecule has 0 spiro atoms. The van der Waals surface area contributed by atoms with Gasteiger partial charge in [0, 0.05) is 43.5 Å². The Bertz CT molecular complexity index is 1530. The van der Waals surface area contributed by atoms with E-state index in [9.17, 15) is 19.5 Å². The monoisotopic (exact) mass is 567 g/mol. The van der Waals surface area contributed by atoms with E-state index in [1.165, 1.54) is 9.80 Å². The van der Waals surface area contributed by atoms with Crippen molar-refractivity contribution >= 4 is 23.6 Å². The Kier molecular flexibility index (Phi) is 9.89. The van der Waals surface area contributed by atoms with Crippen LogP contribution in [-0.2, 0) is 11.2 Å². The smallest absolute Gasteiger partial charge is 0.305 e. The normalized spacial score (nSPS) is 10.5. The van der Waals surface area contributed by atoms with Crippen LogP contribution in [0.2, 0.25) is 0 Å². The molecule has 3 aromatic carbocycles. The first-order chi connectivity index (χ1) is 20.3. The van der Waals surface area contributed by atoms with E-state index in [0.717, 1.165) is 5.56 Å². The minimum Gasteiger partial charge on any atom is -0.497 e. The summed E-state index contributed by atoms with van der Waals surface area (Å²) in [6.07, 6.45) is 1.86. The minimum atomic E-state index is -1.00. The van der Waals surface area contributed by atoms with Gasteiger partial charge in [-0.2, -0.15) is 0 Å². The lowest BCUT2D eigenvalue weighted by Crippen LogP contribution is -2.35. The van der Waals surface area contributed by atoms with Crippen molar-refractivity contribution < 1.29 is 29.0 Å². The molecule has 2 amide bonds. The number of nitrogens with zero attached hydrogens (tertiary/aromatic N) is 3. The van der Waals surface area contributed by atoms with Crippen LogP contribution in [0, 0.1) is 0 Å². The first-order valence-corrected chi connectivity index (χ1v) is 13.4. The third-order valence-electron chi connectivity index (χ3n) is 6.87. The van der Waals surface area contributed by atoms with Gasteiger partial charge in [-0.15, -0.1) is 0 Å². The number of ether oxygens (including phenoxy) is 2. The van der Waals surface area contributed by atoms with Crippen LogP contribution in [0.25, 0.3) is 11.1 Å². The number of hydrogen-bond donors (Lipinski definition) is 1. The van der Waals surface area contributed by atoms with Gasteiger partial charge in [-0.3, -0.25) is 19.3 Å². The van der Waals surface area contributed by atoms with Gasteiger partial charge >= 0.3 is 5.97 Å². The number of anilines is 1. The highest BCUT2D eigenvalue weighted by Gasteiger charge is 2.24. The van der Waals surface area contributed by atoms with Crippen molar-refractivity contribution in [2.45, 2.75) is 12.8 Å². The summed E-state index contributed by atoms with van der Waals surface area (Å²) in [7, 11) is 4.78. The van der Waals surface area contributed by atoms with Gasteiger partial charge in [0.15, 0.2) is 0 Å². The molecule has 42 heavy (non-hydrogen) atoms. The number of rotatable bonds is 12. The zero-order valence-corrected chi connectivity index (χ0v) is 23.8. The van der Waals surface area contributed by atoms with Crippen LogP contribution >= 0.6 is 0 Å². The second-order valence-electron chi connectivity index (χ2n) is 9.55. The van der Waals surface area contributed by atoms with E-state index in [1.807, 2.05) is 18.2 Å². The van der Waals surface area contributed by atoms with Gasteiger partial charge < -0.3 is 19.5 Å². The number of carboxylic acids is 1. The highest BCUT2D eigenvalue weighted by atomic mass is 16.5. The van der Waals surface area contributed by atoms with Gasteiger partial charge in [-0.25, -0.2) is 4.98 Å². The maximum atomic E-state index is 14.0. The van der Waals surface area contributed by atoms with Crippen molar-refractivity contribution in [1.82, 2.24) is 9.88 Å². The summed E-state index contributed by atoms with van der Waals surface area (Å²) in [4.78, 5) is 46.4. The van der Waals surface area contributed by atoms with E-state index in [2.05, 4.69) is 4.98 Å². The molecule has 0 bridgehead atoms. The lowest BCUT2D eigenvalue weighted by Gasteiger charge is -2.24. The topological polar surface area (TPSA) is 109 Å². The van der Waals surface area contributed by atoms with Crippen LogP contribution in [0.15, 0.2) is 91.1 Å². The summed E-state index contributed by atoms with van der Waals surface area (Å²) < 4.78 is 10.7. The van der Waals surface area contributed by atoms with E-state index < -0.39 is 5.97 Å². The standard InChI is InChI=1S/C33H33N3O6/c1-35(30-14-8-9-17-34-30)32(39)28-12-6-4-10-26(28)27-11-5-7-13-29(27)33(40)36(19-16-31(37)38)18-15-23-20-24(41-2)22-25(21-23)42-3/h4-14,17,20-22H,15-16,18-19H2,1-3H3,(H,37,38). The molecule has 1 N–H and O–H groups in total. The zero-order chi connectivity index (χ0) is 30.1. The average Bonchev–Trinajstić information content (AvgIpc) is 3.03. The Balaban J connectivity index is 1.67. The number of aliphatic carboxylic acids is 1. The fourth-order valence-corrected chi connectivity index (χ4v) is 4.64. The summed E-state index contributed by atoms with van der Waals surface area (Å²) in [5, 5.41) is 9.39. The van der Waals surface area contributed by atoms with Crippen molar-refractivity contribution in [3.05, 3.63) is 108 Å². The number of benzene rings is 3. The van der Waals surface area contributed by atoms with Crippen LogP contribution in [0.5, 0.6) is 11.5 Å². The number of aromatic nitrogens is 1. The summed E-state index contributed by atoms with van der Waals surface area (Å²) in [5.74, 6) is 0.127. The molecule has 0 saturated heterocycles. The van der Waals surface area contributed by atoms with E-state index in [-0.39, 0.29) is 31.3 Å². The highest BCUT2D eigenvalue weighted by molar-refractivity contribution is 6.11. The molecule has 0 radical (unpaired) electrons. The Morgan fingerprint density at radius 1 is 0.762 bits per heavy atom. The molecule has 9 nitrogen and oxygen atoms in total. The first kappa shape index (κ1) is 29.8. The molecule has 1 aromatic heterocycles. The first-order valence-electron chi connectivity index (χ1n) is 13.4. The van der Waals surface area contributed by atoms with Crippen LogP contribution in [0.1, 0.15) is 32.7 Å². The van der Waals surface area contributed by atoms with Gasteiger partial charge in [-0.05, 0) is 59.5 Å². The molecule has 0 unspecified atom stereocenters. The Morgan fingerprint density at radius 3 is 1.88 bits per heavy atom. The van der Waals surface area contributed by atoms with Crippen molar-refractivity contribution in [3.63, 3.8) is 0 Å². The predicted molar refractivity (Wildman–Crippen MR) is 160 cm³/mol. The zero-order valence-electron chi connectivity index (χ0n) is 23.8. The maximum absolute atomic E-state index is 14.0. The number of pyridine rings is 1. The fraction of sp³-hybridized carbons (Fsp3) is 0.212. The number of carbonyl (C=O) groups is 3. The predicted octanol–water partition coefficient (Wildman–Crippen LogP) is 5.20. The largest absolute Gasteiger partial charge is 0.497 e. The quantitative estimate of drug-likeness (QED) is 0.251. The Labute approximate surface area is 244 Å². The van der Waals surface area contributed by atoms with Crippen LogP contribution < -0.4 is 14.4 Å². The molecule has 4 aromatic rings. The van der Waals surface area contributed by atoms with E-state index in [4.69, 9.17) is 9.47 Å². The molecule has 216 valence electrons. The Morgan fingerprint density at radius 2 is 1.33 bits per heavy atom. The third kappa shape index (κ3) is 7.11. The summed E-state index contributed by atoms with van der Waals surface area (Å²) >= 11 is 0. The SMILES string of the molecule is COc1cc(CCN(CCC(=O)O)C(=O)c2ccccc2-c2ccccc2C(=O)N(C)c2ccccn2)cc(OC)c1. The van der Waals surface area contributed by atoms with Crippen LogP contribution in [0.4, 0.5) is 5.82 Å². The second-order valence-corrected chi connectivity index (χ2v) is 9.55. The van der Waals surface area contributed by atoms with Gasteiger partial charge in [0.25, 0.3) is 11.8 Å². The summed E-state index contributed by atoms with van der Waals surface area (Å²) in [5.41, 5.74) is 2.81. The van der Waals surface area contributed by atoms with E-state index >= 15 is 0 Å².